The molecule has 4 rings (SSSR count). The van der Waals surface area contributed by atoms with Gasteiger partial charge in [-0.3, -0.25) is 9.48 Å². The maximum atomic E-state index is 13.6. The van der Waals surface area contributed by atoms with E-state index in [9.17, 15) is 13.6 Å². The first-order valence-electron chi connectivity index (χ1n) is 10.1. The Bertz CT molecular complexity index is 954. The highest BCUT2D eigenvalue weighted by Crippen LogP contribution is 2.43. The average Bonchev–Trinajstić information content (AvgIpc) is 3.25. The fourth-order valence-electron chi connectivity index (χ4n) is 4.58. The molecule has 0 atom stereocenters. The summed E-state index contributed by atoms with van der Waals surface area (Å²) in [5, 5.41) is 11.0. The van der Waals surface area contributed by atoms with E-state index in [4.69, 9.17) is 11.6 Å². The molecule has 2 aromatic rings. The summed E-state index contributed by atoms with van der Waals surface area (Å²) in [6.07, 6.45) is 4.87. The number of carbonyl (C=O) groups is 1. The lowest BCUT2D eigenvalue weighted by Gasteiger charge is -2.39. The highest BCUT2D eigenvalue weighted by atomic mass is 35.5. The molecule has 1 aromatic heterocycles. The smallest absolute Gasteiger partial charge is 0.387 e. The number of aryl methyl sites for hydroxylation is 1. The number of carbonyl (C=O) groups excluding carboxylic acids is 1. The Morgan fingerprint density at radius 3 is 2.73 bits per heavy atom. The van der Waals surface area contributed by atoms with Crippen molar-refractivity contribution in [1.29, 1.82) is 0 Å². The maximum absolute atomic E-state index is 13.6. The van der Waals surface area contributed by atoms with Crippen LogP contribution < -0.4 is 15.4 Å². The summed E-state index contributed by atoms with van der Waals surface area (Å²) in [4.78, 5) is 13.6. The molecule has 0 unspecified atom stereocenters. The number of fused-ring (bicyclic) bond motifs is 1. The molecule has 2 N–H and O–H groups in total. The van der Waals surface area contributed by atoms with Crippen molar-refractivity contribution < 1.29 is 18.3 Å². The molecule has 0 radical (unpaired) electrons. The van der Waals surface area contributed by atoms with E-state index < -0.39 is 12.2 Å². The van der Waals surface area contributed by atoms with Crippen molar-refractivity contribution in [3.05, 3.63) is 40.7 Å². The van der Waals surface area contributed by atoms with Crippen LogP contribution >= 0.6 is 11.6 Å². The Balaban J connectivity index is 1.73. The predicted octanol–water partition coefficient (Wildman–Crippen LogP) is 4.08. The SMILES string of the molecule is CC1(C)CCc2cnn(C3(C(=O)Nc4ccc(Cl)cc4OC(F)F)CCNCC3)c21. The van der Waals surface area contributed by atoms with Gasteiger partial charge in [-0.05, 0) is 56.5 Å². The first-order chi connectivity index (χ1) is 14.2. The number of amides is 1. The topological polar surface area (TPSA) is 68.2 Å². The van der Waals surface area contributed by atoms with E-state index >= 15 is 0 Å². The molecule has 9 heteroatoms. The van der Waals surface area contributed by atoms with Crippen LogP contribution in [0.25, 0.3) is 0 Å². The first-order valence-corrected chi connectivity index (χ1v) is 10.5. The van der Waals surface area contributed by atoms with E-state index in [0.717, 1.165) is 18.5 Å². The molecule has 0 saturated carbocycles. The second-order valence-corrected chi connectivity index (χ2v) is 9.01. The van der Waals surface area contributed by atoms with Gasteiger partial charge in [0.05, 0.1) is 11.9 Å². The number of rotatable bonds is 5. The Morgan fingerprint density at radius 2 is 2.03 bits per heavy atom. The number of alkyl halides is 2. The Morgan fingerprint density at radius 1 is 1.30 bits per heavy atom. The third-order valence-corrected chi connectivity index (χ3v) is 6.41. The van der Waals surface area contributed by atoms with Gasteiger partial charge >= 0.3 is 6.61 Å². The van der Waals surface area contributed by atoms with Crippen LogP contribution in [0.3, 0.4) is 0 Å². The van der Waals surface area contributed by atoms with Gasteiger partial charge in [0.2, 0.25) is 0 Å². The summed E-state index contributed by atoms with van der Waals surface area (Å²) in [5.74, 6) is -0.458. The van der Waals surface area contributed by atoms with Gasteiger partial charge in [-0.15, -0.1) is 0 Å². The number of piperidine rings is 1. The molecule has 1 fully saturated rings. The number of hydrogen-bond acceptors (Lipinski definition) is 4. The van der Waals surface area contributed by atoms with E-state index in [1.54, 1.807) is 0 Å². The molecule has 0 spiro atoms. The van der Waals surface area contributed by atoms with Gasteiger partial charge in [0.15, 0.2) is 5.75 Å². The summed E-state index contributed by atoms with van der Waals surface area (Å²) in [6, 6.07) is 4.27. The molecule has 1 aliphatic heterocycles. The molecule has 6 nitrogen and oxygen atoms in total. The second-order valence-electron chi connectivity index (χ2n) is 8.57. The van der Waals surface area contributed by atoms with Crippen LogP contribution in [0.15, 0.2) is 24.4 Å². The summed E-state index contributed by atoms with van der Waals surface area (Å²) < 4.78 is 32.2. The fourth-order valence-corrected chi connectivity index (χ4v) is 4.75. The molecule has 0 bridgehead atoms. The predicted molar refractivity (Wildman–Crippen MR) is 110 cm³/mol. The van der Waals surface area contributed by atoms with Crippen molar-refractivity contribution in [2.45, 2.75) is 57.1 Å². The van der Waals surface area contributed by atoms with Crippen LogP contribution in [0.2, 0.25) is 5.02 Å². The van der Waals surface area contributed by atoms with Gasteiger partial charge in [0.1, 0.15) is 5.54 Å². The number of aromatic nitrogens is 2. The number of ether oxygens (including phenoxy) is 1. The fraction of sp³-hybridized carbons (Fsp3) is 0.524. The Kier molecular flexibility index (Phi) is 5.48. The minimum Gasteiger partial charge on any atom is -0.433 e. The van der Waals surface area contributed by atoms with Crippen molar-refractivity contribution in [1.82, 2.24) is 15.1 Å². The third kappa shape index (κ3) is 3.67. The average molecular weight is 439 g/mol. The molecule has 1 saturated heterocycles. The van der Waals surface area contributed by atoms with Crippen LogP contribution in [0.5, 0.6) is 5.75 Å². The molecular weight excluding hydrogens is 414 g/mol. The van der Waals surface area contributed by atoms with Crippen molar-refractivity contribution in [3.8, 4) is 5.75 Å². The van der Waals surface area contributed by atoms with Crippen LogP contribution in [0, 0.1) is 0 Å². The van der Waals surface area contributed by atoms with E-state index in [2.05, 4.69) is 34.3 Å². The van der Waals surface area contributed by atoms with Gasteiger partial charge in [0.25, 0.3) is 5.91 Å². The lowest BCUT2D eigenvalue weighted by Crippen LogP contribution is -2.53. The first kappa shape index (κ1) is 21.1. The molecule has 1 amide bonds. The molecule has 30 heavy (non-hydrogen) atoms. The monoisotopic (exact) mass is 438 g/mol. The number of hydrogen-bond donors (Lipinski definition) is 2. The zero-order chi connectivity index (χ0) is 21.5. The van der Waals surface area contributed by atoms with Crippen molar-refractivity contribution >= 4 is 23.2 Å². The molecule has 1 aromatic carbocycles. The standard InChI is InChI=1S/C21H25ClF2N4O2/c1-20(2)6-5-13-12-26-28(17(13)20)21(7-9-25-10-8-21)18(29)27-15-4-3-14(22)11-16(15)30-19(23)24/h3-4,11-12,19,25H,5-10H2,1-2H3,(H,27,29). The maximum Gasteiger partial charge on any atom is 0.387 e. The van der Waals surface area contributed by atoms with E-state index in [0.29, 0.717) is 25.9 Å². The van der Waals surface area contributed by atoms with Gasteiger partial charge in [-0.25, -0.2) is 0 Å². The third-order valence-electron chi connectivity index (χ3n) is 6.17. The molecule has 1 aliphatic carbocycles. The van der Waals surface area contributed by atoms with Crippen molar-refractivity contribution in [2.24, 2.45) is 0 Å². The van der Waals surface area contributed by atoms with Gasteiger partial charge in [-0.2, -0.15) is 13.9 Å². The molecular formula is C21H25ClF2N4O2. The zero-order valence-electron chi connectivity index (χ0n) is 17.0. The molecule has 162 valence electrons. The Hall–Kier alpha value is -2.19. The van der Waals surface area contributed by atoms with Crippen molar-refractivity contribution in [2.75, 3.05) is 18.4 Å². The largest absolute Gasteiger partial charge is 0.433 e. The van der Waals surface area contributed by atoms with E-state index in [-0.39, 0.29) is 27.8 Å². The lowest BCUT2D eigenvalue weighted by molar-refractivity contribution is -0.126. The van der Waals surface area contributed by atoms with Gasteiger partial charge in [0, 0.05) is 22.2 Å². The van der Waals surface area contributed by atoms with Crippen molar-refractivity contribution in [3.63, 3.8) is 0 Å². The van der Waals surface area contributed by atoms with E-state index in [1.165, 1.54) is 23.8 Å². The van der Waals surface area contributed by atoms with E-state index in [1.807, 2.05) is 10.9 Å². The van der Waals surface area contributed by atoms with Crippen LogP contribution in [0.4, 0.5) is 14.5 Å². The highest BCUT2D eigenvalue weighted by Gasteiger charge is 2.47. The summed E-state index contributed by atoms with van der Waals surface area (Å²) in [6.45, 7) is 2.62. The normalized spacial score (nSPS) is 19.5. The minimum atomic E-state index is -3.03. The number of nitrogens with one attached hydrogen (secondary N) is 2. The summed E-state index contributed by atoms with van der Waals surface area (Å²) in [5.41, 5.74) is 1.40. The van der Waals surface area contributed by atoms with Gasteiger partial charge in [-0.1, -0.05) is 25.4 Å². The highest BCUT2D eigenvalue weighted by molar-refractivity contribution is 6.30. The number of benzene rings is 1. The minimum absolute atomic E-state index is 0.0891. The number of halogens is 3. The van der Waals surface area contributed by atoms with Crippen LogP contribution in [-0.2, 0) is 22.2 Å². The molecule has 2 heterocycles. The van der Waals surface area contributed by atoms with Crippen LogP contribution in [0.1, 0.15) is 44.4 Å². The quantitative estimate of drug-likeness (QED) is 0.738. The summed E-state index contributed by atoms with van der Waals surface area (Å²) >= 11 is 5.93. The lowest BCUT2D eigenvalue weighted by atomic mass is 9.84. The van der Waals surface area contributed by atoms with Gasteiger partial charge < -0.3 is 15.4 Å². The molecule has 2 aliphatic rings. The summed E-state index contributed by atoms with van der Waals surface area (Å²) in [7, 11) is 0. The second kappa shape index (κ2) is 7.81. The van der Waals surface area contributed by atoms with Crippen LogP contribution in [-0.4, -0.2) is 35.4 Å². The zero-order valence-corrected chi connectivity index (χ0v) is 17.7. The number of anilines is 1. The number of nitrogens with zero attached hydrogens (tertiary/aromatic N) is 2. The Labute approximate surface area is 178 Å².